The fourth-order valence-corrected chi connectivity index (χ4v) is 2.48. The number of para-hydroxylation sites is 2. The summed E-state index contributed by atoms with van der Waals surface area (Å²) in [4.78, 5) is 32.3. The largest absolute Gasteiger partial charge is 0.345 e. The van der Waals surface area contributed by atoms with Gasteiger partial charge < -0.3 is 15.6 Å². The van der Waals surface area contributed by atoms with Gasteiger partial charge in [-0.15, -0.1) is 0 Å². The molecule has 1 amide bonds. The zero-order valence-electron chi connectivity index (χ0n) is 13.7. The predicted octanol–water partition coefficient (Wildman–Crippen LogP) is 2.42. The molecule has 26 heavy (non-hydrogen) atoms. The zero-order chi connectivity index (χ0) is 17.8. The molecular weight excluding hydrogens is 330 g/mol. The van der Waals surface area contributed by atoms with Crippen LogP contribution in [0.3, 0.4) is 0 Å². The Balaban J connectivity index is 1.43. The van der Waals surface area contributed by atoms with Gasteiger partial charge in [0.2, 0.25) is 5.95 Å². The summed E-state index contributed by atoms with van der Waals surface area (Å²) in [6, 6.07) is 11.1. The molecule has 8 nitrogen and oxygen atoms in total. The second-order valence-corrected chi connectivity index (χ2v) is 5.54. The molecule has 4 aromatic rings. The Morgan fingerprint density at radius 3 is 2.77 bits per heavy atom. The number of aromatic amines is 1. The second kappa shape index (κ2) is 6.98. The van der Waals surface area contributed by atoms with E-state index in [-0.39, 0.29) is 5.91 Å². The van der Waals surface area contributed by atoms with E-state index in [9.17, 15) is 4.79 Å². The summed E-state index contributed by atoms with van der Waals surface area (Å²) in [7, 11) is 0. The lowest BCUT2D eigenvalue weighted by molar-refractivity contribution is 0.0949. The van der Waals surface area contributed by atoms with Crippen molar-refractivity contribution in [1.29, 1.82) is 0 Å². The first kappa shape index (κ1) is 15.7. The topological polar surface area (TPSA) is 108 Å². The van der Waals surface area contributed by atoms with E-state index in [2.05, 4.69) is 35.6 Å². The standard InChI is InChI=1S/C18H15N7O/c26-17(22-11-16-24-14-4-1-2-5-15(14)25-16)12-8-13(10-19-9-12)23-18-20-6-3-7-21-18/h1-10H,11H2,(H,22,26)(H,24,25)(H,20,21,23). The molecule has 0 fully saturated rings. The fraction of sp³-hybridized carbons (Fsp3) is 0.0556. The van der Waals surface area contributed by atoms with Crippen molar-refractivity contribution in [2.75, 3.05) is 5.32 Å². The number of nitrogens with one attached hydrogen (secondary N) is 3. The molecule has 0 saturated carbocycles. The highest BCUT2D eigenvalue weighted by Gasteiger charge is 2.09. The molecule has 8 heteroatoms. The number of hydrogen-bond donors (Lipinski definition) is 3. The Kier molecular flexibility index (Phi) is 4.21. The van der Waals surface area contributed by atoms with Crippen LogP contribution in [-0.2, 0) is 6.54 Å². The summed E-state index contributed by atoms with van der Waals surface area (Å²) < 4.78 is 0. The number of anilines is 2. The number of fused-ring (bicyclic) bond motifs is 1. The number of H-pyrrole nitrogens is 1. The van der Waals surface area contributed by atoms with E-state index in [1.54, 1.807) is 30.7 Å². The number of pyridine rings is 1. The number of carbonyl (C=O) groups excluding carboxylic acids is 1. The number of nitrogens with zero attached hydrogens (tertiary/aromatic N) is 4. The van der Waals surface area contributed by atoms with E-state index in [4.69, 9.17) is 0 Å². The maximum absolute atomic E-state index is 12.4. The molecular formula is C18H15N7O. The Morgan fingerprint density at radius 1 is 1.08 bits per heavy atom. The minimum absolute atomic E-state index is 0.240. The van der Waals surface area contributed by atoms with Crippen molar-refractivity contribution in [3.05, 3.63) is 72.6 Å². The van der Waals surface area contributed by atoms with Crippen molar-refractivity contribution in [3.8, 4) is 0 Å². The van der Waals surface area contributed by atoms with Gasteiger partial charge in [0.05, 0.1) is 35.0 Å². The summed E-state index contributed by atoms with van der Waals surface area (Å²) in [6.45, 7) is 0.299. The third-order valence-corrected chi connectivity index (χ3v) is 3.68. The van der Waals surface area contributed by atoms with Crippen LogP contribution in [0.5, 0.6) is 0 Å². The maximum atomic E-state index is 12.4. The van der Waals surface area contributed by atoms with E-state index in [1.807, 2.05) is 24.3 Å². The van der Waals surface area contributed by atoms with E-state index >= 15 is 0 Å². The first-order valence-electron chi connectivity index (χ1n) is 7.99. The molecule has 0 aliphatic heterocycles. The van der Waals surface area contributed by atoms with Gasteiger partial charge in [-0.05, 0) is 24.3 Å². The van der Waals surface area contributed by atoms with Gasteiger partial charge in [0.15, 0.2) is 0 Å². The quantitative estimate of drug-likeness (QED) is 0.513. The molecule has 0 atom stereocenters. The van der Waals surface area contributed by atoms with Crippen LogP contribution in [-0.4, -0.2) is 30.8 Å². The molecule has 0 unspecified atom stereocenters. The molecule has 1 aromatic carbocycles. The SMILES string of the molecule is O=C(NCc1nc2ccccc2[nH]1)c1cncc(Nc2ncccn2)c1. The minimum atomic E-state index is -0.240. The maximum Gasteiger partial charge on any atom is 0.253 e. The van der Waals surface area contributed by atoms with Crippen molar-refractivity contribution in [3.63, 3.8) is 0 Å². The average Bonchev–Trinajstić information content (AvgIpc) is 3.10. The number of carbonyl (C=O) groups is 1. The molecule has 3 heterocycles. The van der Waals surface area contributed by atoms with Gasteiger partial charge in [-0.3, -0.25) is 9.78 Å². The van der Waals surface area contributed by atoms with Gasteiger partial charge in [0.1, 0.15) is 5.82 Å². The molecule has 0 aliphatic carbocycles. The van der Waals surface area contributed by atoms with Gasteiger partial charge in [0.25, 0.3) is 5.91 Å². The molecule has 0 spiro atoms. The van der Waals surface area contributed by atoms with Gasteiger partial charge in [-0.1, -0.05) is 12.1 Å². The van der Waals surface area contributed by atoms with Gasteiger partial charge >= 0.3 is 0 Å². The van der Waals surface area contributed by atoms with E-state index < -0.39 is 0 Å². The number of amides is 1. The lowest BCUT2D eigenvalue weighted by atomic mass is 10.2. The Labute approximate surface area is 148 Å². The van der Waals surface area contributed by atoms with E-state index in [0.717, 1.165) is 11.0 Å². The predicted molar refractivity (Wildman–Crippen MR) is 96.8 cm³/mol. The highest BCUT2D eigenvalue weighted by molar-refractivity contribution is 5.94. The van der Waals surface area contributed by atoms with Crippen LogP contribution >= 0.6 is 0 Å². The first-order chi connectivity index (χ1) is 12.8. The summed E-state index contributed by atoms with van der Waals surface area (Å²) in [5, 5.41) is 5.84. The van der Waals surface area contributed by atoms with Crippen LogP contribution < -0.4 is 10.6 Å². The Hall–Kier alpha value is -3.81. The van der Waals surface area contributed by atoms with Crippen LogP contribution in [0.2, 0.25) is 0 Å². The monoisotopic (exact) mass is 345 g/mol. The van der Waals surface area contributed by atoms with E-state index in [0.29, 0.717) is 29.6 Å². The molecule has 0 radical (unpaired) electrons. The molecule has 0 bridgehead atoms. The lowest BCUT2D eigenvalue weighted by Gasteiger charge is -2.06. The molecule has 4 rings (SSSR count). The third-order valence-electron chi connectivity index (χ3n) is 3.68. The normalized spacial score (nSPS) is 10.6. The minimum Gasteiger partial charge on any atom is -0.345 e. The molecule has 128 valence electrons. The molecule has 3 aromatic heterocycles. The van der Waals surface area contributed by atoms with Crippen molar-refractivity contribution >= 4 is 28.6 Å². The lowest BCUT2D eigenvalue weighted by Crippen LogP contribution is -2.23. The van der Waals surface area contributed by atoms with Crippen molar-refractivity contribution in [2.24, 2.45) is 0 Å². The van der Waals surface area contributed by atoms with Crippen LogP contribution in [0, 0.1) is 0 Å². The van der Waals surface area contributed by atoms with Crippen molar-refractivity contribution in [2.45, 2.75) is 6.54 Å². The summed E-state index contributed by atoms with van der Waals surface area (Å²) in [5.41, 5.74) is 2.87. The molecule has 3 N–H and O–H groups in total. The number of rotatable bonds is 5. The van der Waals surface area contributed by atoms with Gasteiger partial charge in [0, 0.05) is 18.6 Å². The molecule has 0 aliphatic rings. The second-order valence-electron chi connectivity index (χ2n) is 5.54. The van der Waals surface area contributed by atoms with E-state index in [1.165, 1.54) is 6.20 Å². The van der Waals surface area contributed by atoms with Gasteiger partial charge in [-0.2, -0.15) is 0 Å². The molecule has 0 saturated heterocycles. The number of imidazole rings is 1. The third kappa shape index (κ3) is 3.48. The summed E-state index contributed by atoms with van der Waals surface area (Å²) >= 11 is 0. The highest BCUT2D eigenvalue weighted by atomic mass is 16.1. The number of hydrogen-bond acceptors (Lipinski definition) is 6. The first-order valence-corrected chi connectivity index (χ1v) is 7.99. The van der Waals surface area contributed by atoms with Gasteiger partial charge in [-0.25, -0.2) is 15.0 Å². The Bertz CT molecular complexity index is 1010. The summed E-state index contributed by atoms with van der Waals surface area (Å²) in [5.74, 6) is 0.893. The van der Waals surface area contributed by atoms with Crippen LogP contribution in [0.4, 0.5) is 11.6 Å². The Morgan fingerprint density at radius 2 is 1.92 bits per heavy atom. The fourth-order valence-electron chi connectivity index (χ4n) is 2.48. The van der Waals surface area contributed by atoms with Crippen LogP contribution in [0.15, 0.2) is 61.2 Å². The van der Waals surface area contributed by atoms with Crippen LogP contribution in [0.25, 0.3) is 11.0 Å². The highest BCUT2D eigenvalue weighted by Crippen LogP contribution is 2.13. The van der Waals surface area contributed by atoms with Crippen molar-refractivity contribution in [1.82, 2.24) is 30.2 Å². The smallest absolute Gasteiger partial charge is 0.253 e. The van der Waals surface area contributed by atoms with Crippen molar-refractivity contribution < 1.29 is 4.79 Å². The number of benzene rings is 1. The van der Waals surface area contributed by atoms with Crippen LogP contribution in [0.1, 0.15) is 16.2 Å². The zero-order valence-corrected chi connectivity index (χ0v) is 13.7. The number of aromatic nitrogens is 5. The average molecular weight is 345 g/mol. The summed E-state index contributed by atoms with van der Waals surface area (Å²) in [6.07, 6.45) is 6.37.